The predicted octanol–water partition coefficient (Wildman–Crippen LogP) is 12.4. The molecule has 0 saturated carbocycles. The third-order valence-electron chi connectivity index (χ3n) is 18.2. The summed E-state index contributed by atoms with van der Waals surface area (Å²) in [5, 5.41) is 46.5. The number of hydrogen-bond donors (Lipinski definition) is 15. The number of hydrogen-bond acceptors (Lipinski definition) is 31. The standard InChI is InChI=1S/C31H37N9O2.C30H42N8O2.C28H36N8O2.3C2H2O.3CH2O/c1-2-3-16-35-29-38-30(40-31(39-29)37-22-24-14-19-32-20-15-24)36-21-23-10-12-26(13-11-23)28(42)34-18-7-17-33-27(41)25-8-5-4-6-9-25;1-4-7-18-33-28-36-29(38-30(37-28)35-25(5-2)6-3)34-21-22-14-16-24(17-15-22)27(40)32-20-11-19-31-26(39)23-12-9-8-10-13-23;1-3-5-17-32-27-34-26(31-16-4-2)35-28(36-27)33-20-21-12-14-23(15-13-21)25(38)30-19-9-18-29-24(37)22-10-7-6-8-11-22;3*1-2-3;3*1-2/h4-6,8-15,19-20H,2-3,7,16-18,21-22H2,1H3,(H,33,41)(H,34,42)(H3,35,36,37,38,39,40);8-10,12-17,25H,4-7,11,18-21H2,1-3H3,(H,31,39)(H,32,40)(H3,33,34,35,36,37,38);4,6-8,10-15H,2-3,5,9,16-20H2,1H3,(H,29,37)(H,30,38)(H3,31,32,33,34,35,36);3*1H2;3*1H2. The first-order valence-corrected chi connectivity index (χ1v) is 43.8. The second-order valence-electron chi connectivity index (χ2n) is 28.1. The molecule has 0 aliphatic carbocycles. The largest absolute Gasteiger partial charge is 0.354 e. The lowest BCUT2D eigenvalue weighted by molar-refractivity contribution is -0.0987. The van der Waals surface area contributed by atoms with Crippen LogP contribution in [-0.2, 0) is 54.9 Å². The first-order valence-electron chi connectivity index (χ1n) is 43.8. The van der Waals surface area contributed by atoms with E-state index in [4.69, 9.17) is 28.8 Å². The third-order valence-corrected chi connectivity index (χ3v) is 18.2. The fourth-order valence-corrected chi connectivity index (χ4v) is 11.2. The number of pyridine rings is 1. The highest BCUT2D eigenvalue weighted by molar-refractivity contribution is 5.97. The molecule has 135 heavy (non-hydrogen) atoms. The van der Waals surface area contributed by atoms with Crippen molar-refractivity contribution in [3.05, 3.63) is 276 Å². The fourth-order valence-electron chi connectivity index (χ4n) is 11.2. The Morgan fingerprint density at radius 2 is 0.504 bits per heavy atom. The van der Waals surface area contributed by atoms with E-state index >= 15 is 0 Å². The van der Waals surface area contributed by atoms with Crippen LogP contribution in [0.4, 0.5) is 53.5 Å². The zero-order chi connectivity index (χ0) is 99.1. The highest BCUT2D eigenvalue weighted by Gasteiger charge is 2.16. The lowest BCUT2D eigenvalue weighted by Crippen LogP contribution is -2.29. The zero-order valence-electron chi connectivity index (χ0n) is 77.6. The van der Waals surface area contributed by atoms with Crippen molar-refractivity contribution >= 4 is 127 Å². The van der Waals surface area contributed by atoms with Crippen LogP contribution in [-0.4, -0.2) is 195 Å². The van der Waals surface area contributed by atoms with Crippen molar-refractivity contribution in [2.75, 3.05) is 113 Å². The molecule has 0 aliphatic rings. The Bertz CT molecular complexity index is 5060. The SMILES string of the molecule is C=C=O.C=C=O.C=C=O.C=CCNc1nc(NCCCC)nc(NCc2ccc(C(=O)NCCCNC(=O)c3ccccc3)cc2)n1.C=O.C=O.C=O.CCCCNc1nc(NCc2ccc(C(=O)NCCCNC(=O)c3ccccc3)cc2)nc(NC(CC)CC)n1.CCCCNc1nc(NCc2ccncc2)nc(NCc2ccc(C(=O)NCCCNC(=O)c3ccccc3)cc2)n1. The highest BCUT2D eigenvalue weighted by Crippen LogP contribution is 2.19. The van der Waals surface area contributed by atoms with Crippen LogP contribution in [0.15, 0.2) is 221 Å². The Morgan fingerprint density at radius 3 is 0.733 bits per heavy atom. The van der Waals surface area contributed by atoms with Crippen LogP contribution in [0.5, 0.6) is 0 Å². The van der Waals surface area contributed by atoms with E-state index in [-0.39, 0.29) is 35.4 Å². The van der Waals surface area contributed by atoms with Crippen molar-refractivity contribution in [2.24, 2.45) is 0 Å². The van der Waals surface area contributed by atoms with Gasteiger partial charge in [-0.1, -0.05) is 151 Å². The molecule has 37 heteroatoms. The Kier molecular flexibility index (Phi) is 63.2. The summed E-state index contributed by atoms with van der Waals surface area (Å²) in [6, 6.07) is 53.5. The average Bonchev–Trinajstić information content (AvgIpc) is 0.859. The van der Waals surface area contributed by atoms with Gasteiger partial charge in [0.2, 0.25) is 53.5 Å². The van der Waals surface area contributed by atoms with Gasteiger partial charge in [0.05, 0.1) is 0 Å². The number of anilines is 9. The van der Waals surface area contributed by atoms with Gasteiger partial charge in [0.25, 0.3) is 35.4 Å². The molecule has 0 aliphatic heterocycles. The van der Waals surface area contributed by atoms with Crippen LogP contribution in [0.2, 0.25) is 0 Å². The third kappa shape index (κ3) is 50.4. The highest BCUT2D eigenvalue weighted by atomic mass is 16.2. The van der Waals surface area contributed by atoms with Crippen LogP contribution in [0.1, 0.15) is 190 Å². The summed E-state index contributed by atoms with van der Waals surface area (Å²) >= 11 is 0. The van der Waals surface area contributed by atoms with Gasteiger partial charge in [0.15, 0.2) is 0 Å². The quantitative estimate of drug-likeness (QED) is 0.00956. The minimum Gasteiger partial charge on any atom is -0.354 e. The van der Waals surface area contributed by atoms with Crippen LogP contribution in [0, 0.1) is 0 Å². The Labute approximate surface area is 789 Å². The molecule has 0 unspecified atom stereocenters. The molecule has 0 atom stereocenters. The molecule has 0 radical (unpaired) electrons. The number of carbonyl (C=O) groups excluding carboxylic acids is 12. The summed E-state index contributed by atoms with van der Waals surface area (Å²) in [6.45, 7) is 36.2. The Hall–Kier alpha value is -16.4. The van der Waals surface area contributed by atoms with Crippen molar-refractivity contribution in [3.8, 4) is 0 Å². The van der Waals surface area contributed by atoms with Gasteiger partial charge >= 0.3 is 0 Å². The topological polar surface area (TPSA) is 514 Å². The maximum Gasteiger partial charge on any atom is 0.251 e. The zero-order valence-corrected chi connectivity index (χ0v) is 77.6. The van der Waals surface area contributed by atoms with E-state index in [0.717, 1.165) is 93.3 Å². The lowest BCUT2D eigenvalue weighted by atomic mass is 10.1. The van der Waals surface area contributed by atoms with Crippen molar-refractivity contribution in [3.63, 3.8) is 0 Å². The van der Waals surface area contributed by atoms with Gasteiger partial charge in [-0.15, -0.1) is 6.58 Å². The lowest BCUT2D eigenvalue weighted by Gasteiger charge is -2.16. The summed E-state index contributed by atoms with van der Waals surface area (Å²) < 4.78 is 0. The maximum atomic E-state index is 12.5. The van der Waals surface area contributed by atoms with Gasteiger partial charge in [0.1, 0.15) is 38.2 Å². The molecule has 4 heterocycles. The van der Waals surface area contributed by atoms with Crippen molar-refractivity contribution in [2.45, 2.75) is 137 Å². The molecule has 15 N–H and O–H groups in total. The van der Waals surface area contributed by atoms with E-state index in [9.17, 15) is 28.8 Å². The second-order valence-corrected chi connectivity index (χ2v) is 28.1. The first-order chi connectivity index (χ1) is 65.9. The molecule has 10 aromatic rings. The number of nitrogens with one attached hydrogen (secondary N) is 15. The summed E-state index contributed by atoms with van der Waals surface area (Å²) in [5.74, 6) is 7.37. The minimum absolute atomic E-state index is 0.115. The number of nitrogens with zero attached hydrogens (tertiary/aromatic N) is 10. The molecule has 6 aromatic carbocycles. The van der Waals surface area contributed by atoms with Gasteiger partial charge in [0, 0.05) is 143 Å². The number of aromatic nitrogens is 10. The van der Waals surface area contributed by atoms with E-state index in [1.807, 2.05) is 123 Å². The molecule has 0 bridgehead atoms. The van der Waals surface area contributed by atoms with Gasteiger partial charge in [-0.3, -0.25) is 33.8 Å². The molecule has 37 nitrogen and oxygen atoms in total. The molecule has 0 spiro atoms. The normalized spacial score (nSPS) is 9.61. The second kappa shape index (κ2) is 74.4. The summed E-state index contributed by atoms with van der Waals surface area (Å²) in [4.78, 5) is 168. The van der Waals surface area contributed by atoms with E-state index in [1.165, 1.54) is 17.8 Å². The first kappa shape index (κ1) is 115. The average molecular weight is 1850 g/mol. The smallest absolute Gasteiger partial charge is 0.251 e. The van der Waals surface area contributed by atoms with E-state index in [1.54, 1.807) is 91.3 Å². The summed E-state index contributed by atoms with van der Waals surface area (Å²) in [6.07, 6.45) is 15.4. The van der Waals surface area contributed by atoms with E-state index in [0.29, 0.717) is 184 Å². The molecule has 10 rings (SSSR count). The van der Waals surface area contributed by atoms with Crippen LogP contribution >= 0.6 is 0 Å². The number of unbranched alkanes of at least 4 members (excludes halogenated alkanes) is 3. The van der Waals surface area contributed by atoms with Gasteiger partial charge in [-0.05, 0) is 178 Å². The van der Waals surface area contributed by atoms with E-state index in [2.05, 4.69) is 191 Å². The van der Waals surface area contributed by atoms with Crippen molar-refractivity contribution in [1.29, 1.82) is 0 Å². The van der Waals surface area contributed by atoms with Crippen LogP contribution in [0.25, 0.3) is 0 Å². The fraction of sp³-hybridized carbons (Fsp3) is 0.316. The van der Waals surface area contributed by atoms with Gasteiger partial charge in [-0.2, -0.15) is 44.9 Å². The van der Waals surface area contributed by atoms with Crippen molar-refractivity contribution in [1.82, 2.24) is 81.7 Å². The molecular weight excluding hydrogens is 1720 g/mol. The number of benzene rings is 6. The van der Waals surface area contributed by atoms with Crippen LogP contribution < -0.4 is 79.8 Å². The molecular formula is C98H127N25O12. The number of amides is 6. The van der Waals surface area contributed by atoms with Gasteiger partial charge < -0.3 is 94.1 Å². The predicted molar refractivity (Wildman–Crippen MR) is 532 cm³/mol. The molecule has 0 fully saturated rings. The van der Waals surface area contributed by atoms with E-state index < -0.39 is 0 Å². The number of rotatable bonds is 49. The maximum absolute atomic E-state index is 12.5. The summed E-state index contributed by atoms with van der Waals surface area (Å²) in [7, 11) is 0. The van der Waals surface area contributed by atoms with Crippen LogP contribution in [0.3, 0.4) is 0 Å². The summed E-state index contributed by atoms with van der Waals surface area (Å²) in [5.41, 5.74) is 7.60. The Morgan fingerprint density at radius 1 is 0.289 bits per heavy atom. The molecule has 716 valence electrons. The molecule has 6 amide bonds. The number of carbonyl (C=O) groups is 9. The Balaban J connectivity index is 0.000000638. The minimum atomic E-state index is -0.158. The van der Waals surface area contributed by atoms with Crippen molar-refractivity contribution < 1.29 is 57.5 Å². The monoisotopic (exact) mass is 1850 g/mol. The molecule has 4 aromatic heterocycles. The van der Waals surface area contributed by atoms with Gasteiger partial charge in [-0.25, -0.2) is 14.4 Å². The molecule has 0 saturated heterocycles.